The topological polar surface area (TPSA) is 106 Å². The van der Waals surface area contributed by atoms with Crippen molar-refractivity contribution in [2.75, 3.05) is 4.72 Å². The Balaban J connectivity index is 2.47. The minimum absolute atomic E-state index is 0.0746. The number of nitrogens with one attached hydrogen (secondary N) is 1. The average molecular weight is 409 g/mol. The first kappa shape index (κ1) is 19.0. The highest BCUT2D eigenvalue weighted by Crippen LogP contribution is 2.34. The molecule has 10 heteroatoms. The van der Waals surface area contributed by atoms with Gasteiger partial charge in [-0.15, -0.1) is 0 Å². The Morgan fingerprint density at radius 3 is 2.04 bits per heavy atom. The molecule has 0 heterocycles. The summed E-state index contributed by atoms with van der Waals surface area (Å²) in [4.78, 5) is -0.247. The molecule has 2 aromatic carbocycles. The molecule has 0 unspecified atom stereocenters. The van der Waals surface area contributed by atoms with Crippen LogP contribution in [0.5, 0.6) is 0 Å². The molecule has 3 N–H and O–H groups in total. The number of hydrogen-bond donors (Lipinski definition) is 2. The molecule has 0 spiro atoms. The normalized spacial score (nSPS) is 12.2. The van der Waals surface area contributed by atoms with Crippen LogP contribution in [0.15, 0.2) is 40.1 Å². The largest absolute Gasteiger partial charge is 0.280 e. The number of hydrogen-bond acceptors (Lipinski definition) is 4. The van der Waals surface area contributed by atoms with E-state index < -0.39 is 20.0 Å². The van der Waals surface area contributed by atoms with E-state index in [9.17, 15) is 16.8 Å². The highest BCUT2D eigenvalue weighted by molar-refractivity contribution is 7.93. The van der Waals surface area contributed by atoms with E-state index in [1.54, 1.807) is 19.9 Å². The standard InChI is InChI=1S/C14H14Cl2N2O4S2/c1-8-7-12(15)9(2)14(13(8)16)24(21,22)18-10-3-5-11(6-4-10)23(17,19)20/h3-7,18H,1-2H3,(H2,17,19,20). The summed E-state index contributed by atoms with van der Waals surface area (Å²) in [6.07, 6.45) is 0. The molecule has 0 aliphatic rings. The van der Waals surface area contributed by atoms with Gasteiger partial charge in [0.15, 0.2) is 0 Å². The zero-order chi connectivity index (χ0) is 18.3. The molecule has 0 aromatic heterocycles. The predicted molar refractivity (Wildman–Crippen MR) is 94.6 cm³/mol. The fourth-order valence-electron chi connectivity index (χ4n) is 2.05. The number of anilines is 1. The van der Waals surface area contributed by atoms with E-state index in [0.717, 1.165) is 0 Å². The van der Waals surface area contributed by atoms with Gasteiger partial charge in [-0.3, -0.25) is 4.72 Å². The van der Waals surface area contributed by atoms with E-state index in [4.69, 9.17) is 28.3 Å². The second-order valence-electron chi connectivity index (χ2n) is 5.12. The van der Waals surface area contributed by atoms with Crippen molar-refractivity contribution < 1.29 is 16.8 Å². The number of primary sulfonamides is 1. The van der Waals surface area contributed by atoms with Crippen molar-refractivity contribution in [2.24, 2.45) is 5.14 Å². The Kier molecular flexibility index (Phi) is 5.17. The van der Waals surface area contributed by atoms with Crippen LogP contribution in [-0.2, 0) is 20.0 Å². The number of rotatable bonds is 4. The van der Waals surface area contributed by atoms with Crippen LogP contribution in [0.3, 0.4) is 0 Å². The van der Waals surface area contributed by atoms with E-state index in [2.05, 4.69) is 4.72 Å². The van der Waals surface area contributed by atoms with Crippen molar-refractivity contribution in [3.05, 3.63) is 51.5 Å². The molecule has 24 heavy (non-hydrogen) atoms. The molecule has 2 aromatic rings. The van der Waals surface area contributed by atoms with Crippen LogP contribution in [0.25, 0.3) is 0 Å². The van der Waals surface area contributed by atoms with Crippen LogP contribution in [0, 0.1) is 13.8 Å². The SMILES string of the molecule is Cc1cc(Cl)c(C)c(S(=O)(=O)Nc2ccc(S(N)(=O)=O)cc2)c1Cl. The number of benzene rings is 2. The lowest BCUT2D eigenvalue weighted by Crippen LogP contribution is -2.16. The van der Waals surface area contributed by atoms with Crippen molar-refractivity contribution in [1.82, 2.24) is 0 Å². The molecule has 2 rings (SSSR count). The van der Waals surface area contributed by atoms with Crippen LogP contribution in [-0.4, -0.2) is 16.8 Å². The monoisotopic (exact) mass is 408 g/mol. The summed E-state index contributed by atoms with van der Waals surface area (Å²) < 4.78 is 50.1. The molecule has 0 fully saturated rings. The lowest BCUT2D eigenvalue weighted by atomic mass is 10.2. The van der Waals surface area contributed by atoms with E-state index in [0.29, 0.717) is 11.1 Å². The molecule has 0 aliphatic carbocycles. The minimum atomic E-state index is -4.02. The second kappa shape index (κ2) is 6.53. The molecule has 6 nitrogen and oxygen atoms in total. The average Bonchev–Trinajstić information content (AvgIpc) is 2.44. The lowest BCUT2D eigenvalue weighted by Gasteiger charge is -2.15. The van der Waals surface area contributed by atoms with Gasteiger partial charge in [0.1, 0.15) is 4.90 Å². The van der Waals surface area contributed by atoms with Crippen molar-refractivity contribution in [3.63, 3.8) is 0 Å². The smallest absolute Gasteiger partial charge is 0.263 e. The van der Waals surface area contributed by atoms with Crippen LogP contribution in [0.2, 0.25) is 10.0 Å². The number of nitrogens with two attached hydrogens (primary N) is 1. The van der Waals surface area contributed by atoms with Gasteiger partial charge in [-0.25, -0.2) is 22.0 Å². The predicted octanol–water partition coefficient (Wildman–Crippen LogP) is 3.06. The molecule has 0 amide bonds. The van der Waals surface area contributed by atoms with Gasteiger partial charge in [0.25, 0.3) is 10.0 Å². The zero-order valence-corrected chi connectivity index (χ0v) is 15.8. The molecular weight excluding hydrogens is 395 g/mol. The summed E-state index contributed by atoms with van der Waals surface area (Å²) in [6.45, 7) is 3.19. The van der Waals surface area contributed by atoms with Crippen LogP contribution in [0.4, 0.5) is 5.69 Å². The highest BCUT2D eigenvalue weighted by Gasteiger charge is 2.24. The molecule has 0 bridgehead atoms. The molecule has 0 aliphatic heterocycles. The molecule has 0 atom stereocenters. The van der Waals surface area contributed by atoms with Gasteiger partial charge in [-0.1, -0.05) is 23.2 Å². The maximum atomic E-state index is 12.6. The fraction of sp³-hybridized carbons (Fsp3) is 0.143. The van der Waals surface area contributed by atoms with Gasteiger partial charge in [0.2, 0.25) is 10.0 Å². The van der Waals surface area contributed by atoms with Gasteiger partial charge >= 0.3 is 0 Å². The number of halogens is 2. The third kappa shape index (κ3) is 3.84. The van der Waals surface area contributed by atoms with Crippen LogP contribution in [0.1, 0.15) is 11.1 Å². The first-order valence-electron chi connectivity index (χ1n) is 6.54. The summed E-state index contributed by atoms with van der Waals surface area (Å²) in [6, 6.07) is 6.56. The Labute approximate surface area is 150 Å². The van der Waals surface area contributed by atoms with Gasteiger partial charge in [-0.2, -0.15) is 0 Å². The highest BCUT2D eigenvalue weighted by atomic mass is 35.5. The summed E-state index contributed by atoms with van der Waals surface area (Å²) >= 11 is 12.2. The molecule has 130 valence electrons. The maximum Gasteiger partial charge on any atom is 0.263 e. The molecule has 0 saturated carbocycles. The number of aryl methyl sites for hydroxylation is 1. The van der Waals surface area contributed by atoms with E-state index in [1.165, 1.54) is 24.3 Å². The van der Waals surface area contributed by atoms with Crippen LogP contribution < -0.4 is 9.86 Å². The lowest BCUT2D eigenvalue weighted by molar-refractivity contribution is 0.597. The third-order valence-corrected chi connectivity index (χ3v) is 6.76. The second-order valence-corrected chi connectivity index (χ2v) is 9.08. The fourth-order valence-corrected chi connectivity index (χ4v) is 4.84. The van der Waals surface area contributed by atoms with E-state index >= 15 is 0 Å². The van der Waals surface area contributed by atoms with E-state index in [1.807, 2.05) is 0 Å². The quantitative estimate of drug-likeness (QED) is 0.809. The molecule has 0 radical (unpaired) electrons. The van der Waals surface area contributed by atoms with Crippen molar-refractivity contribution in [3.8, 4) is 0 Å². The summed E-state index contributed by atoms with van der Waals surface area (Å²) in [5, 5.41) is 5.35. The summed E-state index contributed by atoms with van der Waals surface area (Å²) in [5.41, 5.74) is 1.01. The van der Waals surface area contributed by atoms with E-state index in [-0.39, 0.29) is 25.5 Å². The number of sulfonamides is 2. The molecule has 0 saturated heterocycles. The maximum absolute atomic E-state index is 12.6. The van der Waals surface area contributed by atoms with Crippen molar-refractivity contribution in [2.45, 2.75) is 23.6 Å². The Morgan fingerprint density at radius 1 is 1.00 bits per heavy atom. The zero-order valence-electron chi connectivity index (χ0n) is 12.7. The Morgan fingerprint density at radius 2 is 1.54 bits per heavy atom. The van der Waals surface area contributed by atoms with Gasteiger partial charge < -0.3 is 0 Å². The summed E-state index contributed by atoms with van der Waals surface area (Å²) in [5.74, 6) is 0. The summed E-state index contributed by atoms with van der Waals surface area (Å²) in [7, 11) is -7.87. The third-order valence-electron chi connectivity index (χ3n) is 3.29. The van der Waals surface area contributed by atoms with Gasteiger partial charge in [0.05, 0.1) is 9.92 Å². The minimum Gasteiger partial charge on any atom is -0.280 e. The van der Waals surface area contributed by atoms with Crippen LogP contribution >= 0.6 is 23.2 Å². The van der Waals surface area contributed by atoms with Gasteiger partial charge in [-0.05, 0) is 55.3 Å². The Hall–Kier alpha value is -1.32. The van der Waals surface area contributed by atoms with Gasteiger partial charge in [0, 0.05) is 10.7 Å². The van der Waals surface area contributed by atoms with Crippen molar-refractivity contribution >= 4 is 48.9 Å². The van der Waals surface area contributed by atoms with Crippen molar-refractivity contribution in [1.29, 1.82) is 0 Å². The Bertz CT molecular complexity index is 976. The molecular formula is C14H14Cl2N2O4S2. The first-order valence-corrected chi connectivity index (χ1v) is 10.3. The first-order chi connectivity index (χ1) is 10.9.